The Bertz CT molecular complexity index is 707. The van der Waals surface area contributed by atoms with Crippen molar-refractivity contribution in [2.75, 3.05) is 6.61 Å². The Kier molecular flexibility index (Phi) is 7.01. The molecule has 2 fully saturated rings. The lowest BCUT2D eigenvalue weighted by Crippen LogP contribution is -2.30. The molecule has 0 heterocycles. The minimum atomic E-state index is -1.03. The predicted octanol–water partition coefficient (Wildman–Crippen LogP) is 5.14. The first-order chi connectivity index (χ1) is 13.5. The average Bonchev–Trinajstić information content (AvgIpc) is 2.68. The summed E-state index contributed by atoms with van der Waals surface area (Å²) in [6.45, 7) is 3.11. The predicted molar refractivity (Wildman–Crippen MR) is 99.5 cm³/mol. The van der Waals surface area contributed by atoms with Crippen LogP contribution in [0.2, 0.25) is 0 Å². The highest BCUT2D eigenvalue weighted by Crippen LogP contribution is 2.32. The Morgan fingerprint density at radius 2 is 1.68 bits per heavy atom. The van der Waals surface area contributed by atoms with E-state index < -0.39 is 23.2 Å². The Morgan fingerprint density at radius 3 is 2.25 bits per heavy atom. The smallest absolute Gasteiger partial charge is 0.314 e. The standard InChI is InChI=1S/C22H27F2NO3/c1-14-2-4-15(5-3-14)13-27-17-8-6-16(7-9-17)22(26)28-18-10-20(23)19(12-25)21(24)11-18/h10-11,14-17H,2-9,13H2,1H3. The van der Waals surface area contributed by atoms with Gasteiger partial charge >= 0.3 is 5.97 Å². The maximum absolute atomic E-state index is 13.6. The van der Waals surface area contributed by atoms with Gasteiger partial charge in [0.25, 0.3) is 0 Å². The molecule has 0 spiro atoms. The molecule has 0 aliphatic heterocycles. The number of hydrogen-bond acceptors (Lipinski definition) is 4. The van der Waals surface area contributed by atoms with E-state index in [1.807, 2.05) is 0 Å². The van der Waals surface area contributed by atoms with E-state index in [0.717, 1.165) is 37.5 Å². The molecule has 0 saturated heterocycles. The van der Waals surface area contributed by atoms with Crippen molar-refractivity contribution in [3.05, 3.63) is 29.3 Å². The Labute approximate surface area is 164 Å². The van der Waals surface area contributed by atoms with Crippen molar-refractivity contribution in [3.8, 4) is 11.8 Å². The highest BCUT2D eigenvalue weighted by atomic mass is 19.1. The van der Waals surface area contributed by atoms with E-state index in [-0.39, 0.29) is 17.8 Å². The van der Waals surface area contributed by atoms with Crippen molar-refractivity contribution in [3.63, 3.8) is 0 Å². The van der Waals surface area contributed by atoms with Crippen LogP contribution >= 0.6 is 0 Å². The summed E-state index contributed by atoms with van der Waals surface area (Å²) in [5.41, 5.74) is -0.676. The average molecular weight is 391 g/mol. The van der Waals surface area contributed by atoms with Gasteiger partial charge in [-0.05, 0) is 50.4 Å². The quantitative estimate of drug-likeness (QED) is 0.515. The fraction of sp³-hybridized carbons (Fsp3) is 0.636. The van der Waals surface area contributed by atoms with Crippen LogP contribution in [0.3, 0.4) is 0 Å². The number of carbonyl (C=O) groups excluding carboxylic acids is 1. The third kappa shape index (κ3) is 5.29. The second-order valence-corrected chi connectivity index (χ2v) is 8.23. The van der Waals surface area contributed by atoms with Gasteiger partial charge in [-0.15, -0.1) is 0 Å². The first-order valence-electron chi connectivity index (χ1n) is 10.2. The van der Waals surface area contributed by atoms with E-state index in [2.05, 4.69) is 6.92 Å². The van der Waals surface area contributed by atoms with Gasteiger partial charge in [0.05, 0.1) is 12.0 Å². The van der Waals surface area contributed by atoms with Crippen molar-refractivity contribution in [1.82, 2.24) is 0 Å². The van der Waals surface area contributed by atoms with Gasteiger partial charge in [-0.1, -0.05) is 19.8 Å². The minimum absolute atomic E-state index is 0.174. The van der Waals surface area contributed by atoms with Crippen LogP contribution in [0.25, 0.3) is 0 Å². The topological polar surface area (TPSA) is 59.3 Å². The number of rotatable bonds is 5. The largest absolute Gasteiger partial charge is 0.426 e. The molecule has 0 aromatic heterocycles. The van der Waals surface area contributed by atoms with Crippen molar-refractivity contribution >= 4 is 5.97 Å². The number of nitriles is 1. The van der Waals surface area contributed by atoms with Crippen LogP contribution in [-0.4, -0.2) is 18.7 Å². The van der Waals surface area contributed by atoms with Gasteiger partial charge in [0.15, 0.2) is 0 Å². The molecule has 0 N–H and O–H groups in total. The molecule has 1 aromatic rings. The van der Waals surface area contributed by atoms with E-state index in [1.165, 1.54) is 31.8 Å². The number of nitrogens with zero attached hydrogens (tertiary/aromatic N) is 1. The fourth-order valence-corrected chi connectivity index (χ4v) is 4.15. The van der Waals surface area contributed by atoms with Crippen molar-refractivity contribution in [2.45, 2.75) is 64.4 Å². The summed E-state index contributed by atoms with van der Waals surface area (Å²) in [6.07, 6.45) is 8.08. The molecule has 0 radical (unpaired) electrons. The van der Waals surface area contributed by atoms with Crippen LogP contribution in [0, 0.1) is 40.7 Å². The summed E-state index contributed by atoms with van der Waals surface area (Å²) in [5, 5.41) is 8.69. The van der Waals surface area contributed by atoms with E-state index in [9.17, 15) is 13.6 Å². The van der Waals surface area contributed by atoms with Crippen LogP contribution in [0.5, 0.6) is 5.75 Å². The van der Waals surface area contributed by atoms with Crippen LogP contribution in [-0.2, 0) is 9.53 Å². The molecule has 2 aliphatic carbocycles. The molecule has 2 aliphatic rings. The van der Waals surface area contributed by atoms with Crippen LogP contribution in [0.4, 0.5) is 8.78 Å². The van der Waals surface area contributed by atoms with Gasteiger partial charge in [0.2, 0.25) is 0 Å². The molecule has 3 rings (SSSR count). The van der Waals surface area contributed by atoms with Gasteiger partial charge in [-0.25, -0.2) is 8.78 Å². The lowest BCUT2D eigenvalue weighted by Gasteiger charge is -2.31. The summed E-state index contributed by atoms with van der Waals surface area (Å²) in [6, 6.07) is 3.19. The second kappa shape index (κ2) is 9.47. The minimum Gasteiger partial charge on any atom is -0.426 e. The SMILES string of the molecule is CC1CCC(COC2CCC(C(=O)Oc3cc(F)c(C#N)c(F)c3)CC2)CC1. The van der Waals surface area contributed by atoms with Crippen LogP contribution < -0.4 is 4.74 Å². The van der Waals surface area contributed by atoms with E-state index in [4.69, 9.17) is 14.7 Å². The zero-order valence-electron chi connectivity index (χ0n) is 16.3. The molecule has 4 nitrogen and oxygen atoms in total. The number of ether oxygens (including phenoxy) is 2. The summed E-state index contributed by atoms with van der Waals surface area (Å²) in [7, 11) is 0. The summed E-state index contributed by atoms with van der Waals surface area (Å²) in [5.74, 6) is -1.56. The number of carbonyl (C=O) groups is 1. The highest BCUT2D eigenvalue weighted by molar-refractivity contribution is 5.75. The molecular weight excluding hydrogens is 364 g/mol. The summed E-state index contributed by atoms with van der Waals surface area (Å²) in [4.78, 5) is 12.3. The van der Waals surface area contributed by atoms with Crippen molar-refractivity contribution < 1.29 is 23.0 Å². The molecule has 0 amide bonds. The number of halogens is 2. The highest BCUT2D eigenvalue weighted by Gasteiger charge is 2.29. The Hall–Kier alpha value is -2.00. The zero-order valence-corrected chi connectivity index (χ0v) is 16.3. The first-order valence-corrected chi connectivity index (χ1v) is 10.2. The zero-order chi connectivity index (χ0) is 20.1. The van der Waals surface area contributed by atoms with Gasteiger partial charge in [-0.2, -0.15) is 5.26 Å². The maximum atomic E-state index is 13.6. The van der Waals surface area contributed by atoms with Crippen LogP contribution in [0.1, 0.15) is 63.9 Å². The third-order valence-electron chi connectivity index (χ3n) is 6.06. The van der Waals surface area contributed by atoms with Gasteiger partial charge < -0.3 is 9.47 Å². The molecule has 0 atom stereocenters. The van der Waals surface area contributed by atoms with E-state index >= 15 is 0 Å². The van der Waals surface area contributed by atoms with Gasteiger partial charge in [0, 0.05) is 18.7 Å². The van der Waals surface area contributed by atoms with E-state index in [1.54, 1.807) is 0 Å². The summed E-state index contributed by atoms with van der Waals surface area (Å²) >= 11 is 0. The van der Waals surface area contributed by atoms with Crippen molar-refractivity contribution in [1.29, 1.82) is 5.26 Å². The third-order valence-corrected chi connectivity index (χ3v) is 6.06. The lowest BCUT2D eigenvalue weighted by atomic mass is 9.83. The molecule has 2 saturated carbocycles. The summed E-state index contributed by atoms with van der Waals surface area (Å²) < 4.78 is 38.5. The molecule has 152 valence electrons. The van der Waals surface area contributed by atoms with Crippen LogP contribution in [0.15, 0.2) is 12.1 Å². The van der Waals surface area contributed by atoms with Crippen molar-refractivity contribution in [2.24, 2.45) is 17.8 Å². The number of esters is 1. The fourth-order valence-electron chi connectivity index (χ4n) is 4.15. The lowest BCUT2D eigenvalue weighted by molar-refractivity contribution is -0.141. The number of hydrogen-bond donors (Lipinski definition) is 0. The monoisotopic (exact) mass is 391 g/mol. The molecule has 0 bridgehead atoms. The molecule has 6 heteroatoms. The first kappa shape index (κ1) is 20.7. The number of benzene rings is 1. The second-order valence-electron chi connectivity index (χ2n) is 8.23. The molecule has 28 heavy (non-hydrogen) atoms. The van der Waals surface area contributed by atoms with E-state index in [0.29, 0.717) is 18.8 Å². The molecule has 1 aromatic carbocycles. The normalized spacial score (nSPS) is 27.8. The van der Waals surface area contributed by atoms with Gasteiger partial charge in [0.1, 0.15) is 29.0 Å². The molecular formula is C22H27F2NO3. The Balaban J connectivity index is 1.43. The Morgan fingerprint density at radius 1 is 1.07 bits per heavy atom. The maximum Gasteiger partial charge on any atom is 0.314 e. The van der Waals surface area contributed by atoms with Gasteiger partial charge in [-0.3, -0.25) is 4.79 Å². The molecule has 0 unspecified atom stereocenters.